The first-order valence-electron chi connectivity index (χ1n) is 17.5. The van der Waals surface area contributed by atoms with Gasteiger partial charge in [-0.05, 0) is 43.9 Å². The smallest absolute Gasteiger partial charge is 0.340 e. The van der Waals surface area contributed by atoms with Gasteiger partial charge in [0.2, 0.25) is 5.91 Å². The van der Waals surface area contributed by atoms with Gasteiger partial charge in [0.1, 0.15) is 11.2 Å². The minimum atomic E-state index is -1.70. The Bertz CT molecular complexity index is 1490. The third-order valence-electron chi connectivity index (χ3n) is 13.8. The number of hydrogen-bond acceptors (Lipinski definition) is 11. The van der Waals surface area contributed by atoms with Crippen molar-refractivity contribution in [3.63, 3.8) is 0 Å². The fourth-order valence-electron chi connectivity index (χ4n) is 12.5. The Morgan fingerprint density at radius 2 is 1.78 bits per heavy atom. The third kappa shape index (κ3) is 4.45. The number of anilines is 1. The molecular weight excluding hydrogens is 636 g/mol. The molecular formula is C36H50N2O11. The second kappa shape index (κ2) is 12.2. The summed E-state index contributed by atoms with van der Waals surface area (Å²) in [6.45, 7) is 3.20. The highest BCUT2D eigenvalue weighted by molar-refractivity contribution is 6.01. The first-order valence-corrected chi connectivity index (χ1v) is 17.5. The zero-order valence-corrected chi connectivity index (χ0v) is 28.9. The number of para-hydroxylation sites is 1. The molecule has 13 atom stereocenters. The van der Waals surface area contributed by atoms with E-state index >= 15 is 0 Å². The number of nitrogens with one attached hydrogen (secondary N) is 1. The van der Waals surface area contributed by atoms with Crippen LogP contribution in [0, 0.1) is 34.5 Å². The Kier molecular flexibility index (Phi) is 8.69. The molecule has 1 heterocycles. The van der Waals surface area contributed by atoms with Crippen molar-refractivity contribution in [1.29, 1.82) is 0 Å². The molecule has 2 unspecified atom stereocenters. The number of carboxylic acids is 1. The normalized spacial score (nSPS) is 44.4. The largest absolute Gasteiger partial charge is 0.481 e. The topological polar surface area (TPSA) is 173 Å². The van der Waals surface area contributed by atoms with Gasteiger partial charge in [-0.2, -0.15) is 0 Å². The van der Waals surface area contributed by atoms with E-state index in [0.29, 0.717) is 25.9 Å². The number of amides is 1. The van der Waals surface area contributed by atoms with Crippen LogP contribution in [0.4, 0.5) is 5.69 Å². The van der Waals surface area contributed by atoms with E-state index in [1.807, 2.05) is 0 Å². The summed E-state index contributed by atoms with van der Waals surface area (Å²) in [5.41, 5.74) is -4.18. The van der Waals surface area contributed by atoms with Crippen molar-refractivity contribution in [2.24, 2.45) is 34.5 Å². The number of esters is 1. The molecule has 1 spiro atoms. The molecule has 5 aliphatic carbocycles. The van der Waals surface area contributed by atoms with Gasteiger partial charge in [0, 0.05) is 76.4 Å². The second-order valence-corrected chi connectivity index (χ2v) is 15.2. The van der Waals surface area contributed by atoms with E-state index in [2.05, 4.69) is 17.1 Å². The van der Waals surface area contributed by atoms with E-state index in [1.165, 1.54) is 0 Å². The van der Waals surface area contributed by atoms with Crippen LogP contribution in [0.1, 0.15) is 55.8 Å². The van der Waals surface area contributed by atoms with E-state index in [-0.39, 0.29) is 79.1 Å². The number of hydrogen-bond donors (Lipinski definition) is 4. The number of methoxy groups -OCH3 is 4. The predicted molar refractivity (Wildman–Crippen MR) is 174 cm³/mol. The number of rotatable bonds is 12. The van der Waals surface area contributed by atoms with Gasteiger partial charge in [-0.1, -0.05) is 19.1 Å². The highest BCUT2D eigenvalue weighted by Gasteiger charge is 2.91. The molecule has 6 fully saturated rings. The summed E-state index contributed by atoms with van der Waals surface area (Å²) in [4.78, 5) is 39.6. The molecule has 13 nitrogen and oxygen atoms in total. The lowest BCUT2D eigenvalue weighted by Crippen LogP contribution is -2.82. The van der Waals surface area contributed by atoms with Crippen molar-refractivity contribution in [2.75, 3.05) is 53.5 Å². The molecule has 4 N–H and O–H groups in total. The minimum Gasteiger partial charge on any atom is -0.481 e. The first kappa shape index (κ1) is 34.8. The fraction of sp³-hybridized carbons (Fsp3) is 0.750. The number of nitrogens with zero attached hydrogens (tertiary/aromatic N) is 1. The number of benzene rings is 1. The summed E-state index contributed by atoms with van der Waals surface area (Å²) in [6, 6.07) is 6.04. The van der Waals surface area contributed by atoms with Crippen molar-refractivity contribution in [3.05, 3.63) is 29.8 Å². The SMILES string of the molecule is CCN1C[C@]2(COC(=O)c3ccccc3NC(=O)CCC(=O)O)CCC(OC)[C@@]34[C@@H]5C[C@H]6[C@H](OC)[C@@H]5[C@](O)(C[C@@H]6OC)[C@@](O)(C(OC)[C@H]23)[C@@H]14. The van der Waals surface area contributed by atoms with Gasteiger partial charge in [0.15, 0.2) is 0 Å². The van der Waals surface area contributed by atoms with Crippen LogP contribution in [0.25, 0.3) is 0 Å². The summed E-state index contributed by atoms with van der Waals surface area (Å²) < 4.78 is 31.2. The Hall–Kier alpha value is -2.65. The number of carbonyl (C=O) groups excluding carboxylic acids is 2. The lowest BCUT2D eigenvalue weighted by Gasteiger charge is -2.70. The van der Waals surface area contributed by atoms with E-state index in [1.54, 1.807) is 52.7 Å². The zero-order chi connectivity index (χ0) is 35.1. The van der Waals surface area contributed by atoms with Gasteiger partial charge in [0.25, 0.3) is 0 Å². The molecule has 0 radical (unpaired) electrons. The van der Waals surface area contributed by atoms with E-state index < -0.39 is 52.0 Å². The Labute approximate surface area is 286 Å². The molecule has 0 aromatic heterocycles. The monoisotopic (exact) mass is 686 g/mol. The molecule has 7 rings (SSSR count). The second-order valence-electron chi connectivity index (χ2n) is 15.2. The number of likely N-dealkylation sites (tertiary alicyclic amines) is 1. The maximum absolute atomic E-state index is 13.9. The van der Waals surface area contributed by atoms with Crippen molar-refractivity contribution in [1.82, 2.24) is 4.90 Å². The van der Waals surface area contributed by atoms with Crippen LogP contribution in [0.3, 0.4) is 0 Å². The van der Waals surface area contributed by atoms with E-state index in [4.69, 9.17) is 28.8 Å². The molecule has 1 aromatic carbocycles. The highest BCUT2D eigenvalue weighted by Crippen LogP contribution is 2.80. The molecule has 6 aliphatic rings. The van der Waals surface area contributed by atoms with Crippen LogP contribution >= 0.6 is 0 Å². The van der Waals surface area contributed by atoms with Crippen LogP contribution in [0.15, 0.2) is 24.3 Å². The van der Waals surface area contributed by atoms with Gasteiger partial charge >= 0.3 is 11.9 Å². The zero-order valence-electron chi connectivity index (χ0n) is 28.9. The molecule has 1 aromatic rings. The van der Waals surface area contributed by atoms with Crippen LogP contribution in [0.5, 0.6) is 0 Å². The lowest BCUT2D eigenvalue weighted by atomic mass is 9.42. The molecule has 13 heteroatoms. The quantitative estimate of drug-likeness (QED) is 0.236. The fourth-order valence-corrected chi connectivity index (χ4v) is 12.5. The summed E-state index contributed by atoms with van der Waals surface area (Å²) in [7, 11) is 6.66. The minimum absolute atomic E-state index is 0.0305. The van der Waals surface area contributed by atoms with Crippen LogP contribution in [0.2, 0.25) is 0 Å². The lowest BCUT2D eigenvalue weighted by molar-refractivity contribution is -0.320. The molecule has 270 valence electrons. The summed E-state index contributed by atoms with van der Waals surface area (Å²) in [5.74, 6) is -2.97. The Morgan fingerprint density at radius 1 is 1.02 bits per heavy atom. The number of fused-ring (bicyclic) bond motifs is 2. The van der Waals surface area contributed by atoms with Crippen molar-refractivity contribution >= 4 is 23.5 Å². The summed E-state index contributed by atoms with van der Waals surface area (Å²) >= 11 is 0. The third-order valence-corrected chi connectivity index (χ3v) is 13.8. The number of carboxylic acid groups (broad SMARTS) is 1. The van der Waals surface area contributed by atoms with Gasteiger partial charge in [-0.25, -0.2) is 4.79 Å². The van der Waals surface area contributed by atoms with Crippen molar-refractivity contribution < 1.29 is 53.4 Å². The van der Waals surface area contributed by atoms with Crippen LogP contribution < -0.4 is 5.32 Å². The van der Waals surface area contributed by atoms with Crippen molar-refractivity contribution in [2.45, 2.75) is 87.1 Å². The van der Waals surface area contributed by atoms with Gasteiger partial charge in [-0.3, -0.25) is 14.5 Å². The molecule has 1 amide bonds. The average Bonchev–Trinajstić information content (AvgIpc) is 3.51. The number of aliphatic carboxylic acids is 1. The van der Waals surface area contributed by atoms with Gasteiger partial charge < -0.3 is 44.3 Å². The summed E-state index contributed by atoms with van der Waals surface area (Å²) in [6.07, 6.45) is 0.0966. The summed E-state index contributed by atoms with van der Waals surface area (Å²) in [5, 5.41) is 38.2. The maximum atomic E-state index is 13.9. The number of carbonyl (C=O) groups is 3. The van der Waals surface area contributed by atoms with E-state index in [9.17, 15) is 24.6 Å². The molecule has 1 aliphatic heterocycles. The van der Waals surface area contributed by atoms with Crippen LogP contribution in [-0.4, -0.2) is 128 Å². The Balaban J connectivity index is 1.29. The van der Waals surface area contributed by atoms with Crippen LogP contribution in [-0.2, 0) is 33.3 Å². The molecule has 5 saturated carbocycles. The number of piperidine rings is 1. The first-order chi connectivity index (χ1) is 23.4. The highest BCUT2D eigenvalue weighted by atomic mass is 16.5. The predicted octanol–water partition coefficient (Wildman–Crippen LogP) is 1.94. The molecule has 7 bridgehead atoms. The number of ether oxygens (including phenoxy) is 5. The molecule has 49 heavy (non-hydrogen) atoms. The standard InChI is InChI=1S/C36H50N2O11/c1-6-38-17-33(18-49-31(42)19-9-7-8-10-22(19)37-25(39)11-12-26(40)41)14-13-24(46-3)35-21-15-20-23(45-2)16-34(43,27(21)28(20)47-4)36(44,32(35)38)30(48-5)29(33)35/h7-10,20-21,23-24,27-30,32,43-44H,6,11-18H2,1-5H3,(H,37,39)(H,40,41)/t20-,21-,23+,24?,27-,28+,29-,30?,32+,33+,34-,35+,36-/m1/s1. The maximum Gasteiger partial charge on any atom is 0.340 e. The number of likely N-dealkylation sites (N-methyl/N-ethyl adjacent to an activating group) is 1. The Morgan fingerprint density at radius 3 is 2.43 bits per heavy atom. The van der Waals surface area contributed by atoms with Gasteiger partial charge in [0.05, 0.1) is 54.7 Å². The van der Waals surface area contributed by atoms with E-state index in [0.717, 1.165) is 6.42 Å². The van der Waals surface area contributed by atoms with Gasteiger partial charge in [-0.15, -0.1) is 0 Å². The van der Waals surface area contributed by atoms with Crippen molar-refractivity contribution in [3.8, 4) is 0 Å². The number of aliphatic hydroxyl groups is 2. The molecule has 1 saturated heterocycles. The average molecular weight is 687 g/mol.